The topological polar surface area (TPSA) is 20.2 Å². The number of benzene rings is 1. The first-order chi connectivity index (χ1) is 5.59. The molecule has 0 saturated carbocycles. The van der Waals surface area contributed by atoms with Crippen LogP contribution in [0.4, 0.5) is 0 Å². The standard InChI is InChI=1S/C9H10BrClO/c1-6(12)4-7-5-8(11)2-3-9(7)10/h2-3,5-6,12H,4H2,1H3/t6-/m0/s1. The number of aliphatic hydroxyl groups excluding tert-OH is 1. The van der Waals surface area contributed by atoms with Crippen LogP contribution in [-0.4, -0.2) is 11.2 Å². The molecule has 0 radical (unpaired) electrons. The zero-order valence-corrected chi connectivity index (χ0v) is 9.06. The van der Waals surface area contributed by atoms with Gasteiger partial charge in [-0.3, -0.25) is 0 Å². The van der Waals surface area contributed by atoms with Gasteiger partial charge >= 0.3 is 0 Å². The van der Waals surface area contributed by atoms with E-state index in [9.17, 15) is 0 Å². The quantitative estimate of drug-likeness (QED) is 0.854. The van der Waals surface area contributed by atoms with Crippen LogP contribution in [0.5, 0.6) is 0 Å². The third-order valence-corrected chi connectivity index (χ3v) is 2.53. The Bertz CT molecular complexity index is 273. The van der Waals surface area contributed by atoms with E-state index in [0.717, 1.165) is 10.0 Å². The molecule has 66 valence electrons. The van der Waals surface area contributed by atoms with Gasteiger partial charge in [-0.2, -0.15) is 0 Å². The highest BCUT2D eigenvalue weighted by Crippen LogP contribution is 2.22. The van der Waals surface area contributed by atoms with Gasteiger partial charge in [0.2, 0.25) is 0 Å². The van der Waals surface area contributed by atoms with Crippen LogP contribution in [0.3, 0.4) is 0 Å². The van der Waals surface area contributed by atoms with Gasteiger partial charge in [0.15, 0.2) is 0 Å². The summed E-state index contributed by atoms with van der Waals surface area (Å²) in [5.41, 5.74) is 1.04. The Labute approximate surface area is 85.5 Å². The summed E-state index contributed by atoms with van der Waals surface area (Å²) in [6.07, 6.45) is 0.293. The molecule has 0 unspecified atom stereocenters. The van der Waals surface area contributed by atoms with Gasteiger partial charge in [-0.05, 0) is 37.1 Å². The Morgan fingerprint density at radius 1 is 1.58 bits per heavy atom. The monoisotopic (exact) mass is 248 g/mol. The zero-order chi connectivity index (χ0) is 9.14. The fraction of sp³-hybridized carbons (Fsp3) is 0.333. The predicted molar refractivity (Wildman–Crippen MR) is 54.5 cm³/mol. The highest BCUT2D eigenvalue weighted by Gasteiger charge is 2.03. The fourth-order valence-electron chi connectivity index (χ4n) is 1.02. The predicted octanol–water partition coefficient (Wildman–Crippen LogP) is 3.03. The van der Waals surface area contributed by atoms with Crippen LogP contribution in [0.1, 0.15) is 12.5 Å². The Hall–Kier alpha value is -0.0500. The summed E-state index contributed by atoms with van der Waals surface area (Å²) < 4.78 is 0.993. The van der Waals surface area contributed by atoms with Gasteiger partial charge in [0.25, 0.3) is 0 Å². The molecule has 12 heavy (non-hydrogen) atoms. The number of hydrogen-bond donors (Lipinski definition) is 1. The molecule has 0 fully saturated rings. The Balaban J connectivity index is 2.90. The van der Waals surface area contributed by atoms with Crippen LogP contribution in [-0.2, 0) is 6.42 Å². The van der Waals surface area contributed by atoms with E-state index in [4.69, 9.17) is 16.7 Å². The van der Waals surface area contributed by atoms with Crippen molar-refractivity contribution in [1.82, 2.24) is 0 Å². The number of halogens is 2. The molecule has 0 aliphatic heterocycles. The lowest BCUT2D eigenvalue weighted by Crippen LogP contribution is -2.04. The molecular weight excluding hydrogens is 239 g/mol. The van der Waals surface area contributed by atoms with Crippen molar-refractivity contribution in [1.29, 1.82) is 0 Å². The van der Waals surface area contributed by atoms with Crippen LogP contribution >= 0.6 is 27.5 Å². The van der Waals surface area contributed by atoms with E-state index in [1.54, 1.807) is 6.92 Å². The van der Waals surface area contributed by atoms with E-state index >= 15 is 0 Å². The molecule has 1 aromatic carbocycles. The van der Waals surface area contributed by atoms with E-state index in [1.807, 2.05) is 18.2 Å². The summed E-state index contributed by atoms with van der Waals surface area (Å²) in [6.45, 7) is 1.76. The molecule has 1 nitrogen and oxygen atoms in total. The third-order valence-electron chi connectivity index (χ3n) is 1.52. The van der Waals surface area contributed by atoms with Crippen molar-refractivity contribution >= 4 is 27.5 Å². The van der Waals surface area contributed by atoms with Crippen LogP contribution in [0.2, 0.25) is 5.02 Å². The first-order valence-electron chi connectivity index (χ1n) is 3.71. The minimum absolute atomic E-state index is 0.334. The molecule has 1 N–H and O–H groups in total. The number of aliphatic hydroxyl groups is 1. The highest BCUT2D eigenvalue weighted by molar-refractivity contribution is 9.10. The first-order valence-corrected chi connectivity index (χ1v) is 4.88. The molecule has 1 rings (SSSR count). The van der Waals surface area contributed by atoms with Gasteiger partial charge in [0.05, 0.1) is 6.10 Å². The van der Waals surface area contributed by atoms with E-state index in [2.05, 4.69) is 15.9 Å². The third kappa shape index (κ3) is 2.77. The second kappa shape index (κ2) is 4.26. The van der Waals surface area contributed by atoms with Crippen molar-refractivity contribution in [3.63, 3.8) is 0 Å². The molecule has 0 spiro atoms. The zero-order valence-electron chi connectivity index (χ0n) is 6.72. The van der Waals surface area contributed by atoms with Crippen molar-refractivity contribution in [3.05, 3.63) is 33.3 Å². The van der Waals surface area contributed by atoms with E-state index in [-0.39, 0.29) is 6.10 Å². The van der Waals surface area contributed by atoms with Gasteiger partial charge in [-0.15, -0.1) is 0 Å². The smallest absolute Gasteiger partial charge is 0.0552 e. The van der Waals surface area contributed by atoms with Gasteiger partial charge in [0, 0.05) is 9.50 Å². The maximum absolute atomic E-state index is 9.16. The van der Waals surface area contributed by atoms with Crippen molar-refractivity contribution in [2.24, 2.45) is 0 Å². The van der Waals surface area contributed by atoms with Gasteiger partial charge in [0.1, 0.15) is 0 Å². The molecule has 0 aliphatic rings. The lowest BCUT2D eigenvalue weighted by atomic mass is 10.1. The average Bonchev–Trinajstić information content (AvgIpc) is 1.96. The highest BCUT2D eigenvalue weighted by atomic mass is 79.9. The van der Waals surface area contributed by atoms with Crippen LogP contribution < -0.4 is 0 Å². The molecule has 0 aromatic heterocycles. The molecule has 1 atom stereocenters. The van der Waals surface area contributed by atoms with E-state index < -0.39 is 0 Å². The van der Waals surface area contributed by atoms with E-state index in [0.29, 0.717) is 11.4 Å². The molecule has 3 heteroatoms. The second-order valence-electron chi connectivity index (χ2n) is 2.79. The molecular formula is C9H10BrClO. The van der Waals surface area contributed by atoms with Crippen molar-refractivity contribution in [3.8, 4) is 0 Å². The van der Waals surface area contributed by atoms with Crippen molar-refractivity contribution in [2.75, 3.05) is 0 Å². The summed E-state index contributed by atoms with van der Waals surface area (Å²) in [4.78, 5) is 0. The van der Waals surface area contributed by atoms with Crippen LogP contribution in [0.25, 0.3) is 0 Å². The maximum Gasteiger partial charge on any atom is 0.0552 e. The molecule has 0 aliphatic carbocycles. The largest absolute Gasteiger partial charge is 0.393 e. The van der Waals surface area contributed by atoms with Crippen molar-refractivity contribution < 1.29 is 5.11 Å². The van der Waals surface area contributed by atoms with E-state index in [1.165, 1.54) is 0 Å². The van der Waals surface area contributed by atoms with Crippen LogP contribution in [0, 0.1) is 0 Å². The Morgan fingerprint density at radius 3 is 2.83 bits per heavy atom. The summed E-state index contributed by atoms with van der Waals surface area (Å²) >= 11 is 9.19. The van der Waals surface area contributed by atoms with Gasteiger partial charge < -0.3 is 5.11 Å². The SMILES string of the molecule is C[C@H](O)Cc1cc(Cl)ccc1Br. The summed E-state index contributed by atoms with van der Waals surface area (Å²) in [5, 5.41) is 9.86. The van der Waals surface area contributed by atoms with Crippen molar-refractivity contribution in [2.45, 2.75) is 19.4 Å². The number of hydrogen-bond acceptors (Lipinski definition) is 1. The average molecular weight is 250 g/mol. The molecule has 0 bridgehead atoms. The second-order valence-corrected chi connectivity index (χ2v) is 4.08. The Morgan fingerprint density at radius 2 is 2.25 bits per heavy atom. The minimum Gasteiger partial charge on any atom is -0.393 e. The molecule has 0 amide bonds. The molecule has 0 saturated heterocycles. The van der Waals surface area contributed by atoms with Gasteiger partial charge in [-0.1, -0.05) is 27.5 Å². The van der Waals surface area contributed by atoms with Crippen LogP contribution in [0.15, 0.2) is 22.7 Å². The minimum atomic E-state index is -0.334. The first kappa shape index (κ1) is 10.0. The molecule has 0 heterocycles. The summed E-state index contributed by atoms with van der Waals surface area (Å²) in [6, 6.07) is 5.57. The summed E-state index contributed by atoms with van der Waals surface area (Å²) in [5.74, 6) is 0. The lowest BCUT2D eigenvalue weighted by Gasteiger charge is -2.06. The maximum atomic E-state index is 9.16. The normalized spacial score (nSPS) is 13.0. The lowest BCUT2D eigenvalue weighted by molar-refractivity contribution is 0.195. The molecule has 1 aromatic rings. The fourth-order valence-corrected chi connectivity index (χ4v) is 1.62. The number of rotatable bonds is 2. The van der Waals surface area contributed by atoms with Gasteiger partial charge in [-0.25, -0.2) is 0 Å². The Kier molecular flexibility index (Phi) is 3.56. The summed E-state index contributed by atoms with van der Waals surface area (Å²) in [7, 11) is 0.